The Morgan fingerprint density at radius 3 is 2.52 bits per heavy atom. The summed E-state index contributed by atoms with van der Waals surface area (Å²) in [4.78, 5) is 40.4. The third-order valence-corrected chi connectivity index (χ3v) is 7.64. The summed E-state index contributed by atoms with van der Waals surface area (Å²) in [7, 11) is 1.38. The Bertz CT molecular complexity index is 813. The smallest absolute Gasteiger partial charge is 0.235 e. The van der Waals surface area contributed by atoms with E-state index in [9.17, 15) is 19.5 Å². The van der Waals surface area contributed by atoms with Crippen LogP contribution in [0, 0.1) is 29.1 Å². The number of Topliss-reactive ketones (excluding diaryl/α,β-unsaturated/α-hetero) is 2. The zero-order valence-electron chi connectivity index (χ0n) is 19.6. The zero-order valence-corrected chi connectivity index (χ0v) is 19.6. The second-order valence-corrected chi connectivity index (χ2v) is 10.2. The lowest BCUT2D eigenvalue weighted by molar-refractivity contribution is -0.150. The molecule has 3 aliphatic rings. The van der Waals surface area contributed by atoms with Crippen LogP contribution >= 0.6 is 0 Å². The zero-order chi connectivity index (χ0) is 23.1. The molecule has 6 heteroatoms. The van der Waals surface area contributed by atoms with Crippen LogP contribution in [-0.2, 0) is 19.1 Å². The van der Waals surface area contributed by atoms with E-state index in [0.29, 0.717) is 12.3 Å². The lowest BCUT2D eigenvalue weighted by Crippen LogP contribution is -2.53. The average molecular weight is 432 g/mol. The van der Waals surface area contributed by atoms with Crippen molar-refractivity contribution < 1.29 is 24.2 Å². The molecule has 7 atom stereocenters. The number of carbonyl (C=O) groups excluding carboxylic acids is 3. The quantitative estimate of drug-likeness (QED) is 0.529. The minimum absolute atomic E-state index is 0.0593. The van der Waals surface area contributed by atoms with Gasteiger partial charge in [0.15, 0.2) is 11.6 Å². The van der Waals surface area contributed by atoms with Crippen LogP contribution < -0.4 is 5.32 Å². The number of hydrogen-bond donors (Lipinski definition) is 2. The van der Waals surface area contributed by atoms with Gasteiger partial charge >= 0.3 is 0 Å². The van der Waals surface area contributed by atoms with Crippen LogP contribution in [0.25, 0.3) is 0 Å². The van der Waals surface area contributed by atoms with Crippen molar-refractivity contribution >= 4 is 17.5 Å². The molecule has 172 valence electrons. The maximum atomic E-state index is 14.0. The molecule has 1 heterocycles. The molecule has 0 aromatic rings. The lowest BCUT2D eigenvalue weighted by Gasteiger charge is -2.45. The number of allylic oxidation sites excluding steroid dienone is 4. The molecular weight excluding hydrogens is 394 g/mol. The largest absolute Gasteiger partial charge is 0.385 e. The van der Waals surface area contributed by atoms with Crippen molar-refractivity contribution in [2.45, 2.75) is 78.6 Å². The average Bonchev–Trinajstić information content (AvgIpc) is 2.98. The van der Waals surface area contributed by atoms with Crippen molar-refractivity contribution in [3.63, 3.8) is 0 Å². The van der Waals surface area contributed by atoms with E-state index in [1.807, 2.05) is 13.0 Å². The van der Waals surface area contributed by atoms with Crippen LogP contribution in [0.5, 0.6) is 0 Å². The minimum Gasteiger partial charge on any atom is -0.385 e. The van der Waals surface area contributed by atoms with E-state index >= 15 is 0 Å². The van der Waals surface area contributed by atoms with Gasteiger partial charge in [-0.1, -0.05) is 44.1 Å². The fourth-order valence-corrected chi connectivity index (χ4v) is 5.95. The molecule has 1 saturated heterocycles. The molecule has 1 fully saturated rings. The van der Waals surface area contributed by atoms with Crippen LogP contribution in [-0.4, -0.2) is 47.9 Å². The van der Waals surface area contributed by atoms with Gasteiger partial charge in [0.05, 0.1) is 0 Å². The van der Waals surface area contributed by atoms with Gasteiger partial charge in [0.2, 0.25) is 5.91 Å². The van der Waals surface area contributed by atoms with Crippen molar-refractivity contribution in [2.75, 3.05) is 7.11 Å². The molecule has 6 nitrogen and oxygen atoms in total. The summed E-state index contributed by atoms with van der Waals surface area (Å²) in [6, 6.07) is -0.0984. The number of methoxy groups -OCH3 is 1. The molecule has 1 spiro atoms. The predicted molar refractivity (Wildman–Crippen MR) is 118 cm³/mol. The van der Waals surface area contributed by atoms with Gasteiger partial charge in [-0.05, 0) is 44.9 Å². The maximum Gasteiger partial charge on any atom is 0.235 e. The predicted octanol–water partition coefficient (Wildman–Crippen LogP) is 2.99. The Morgan fingerprint density at radius 1 is 1.23 bits per heavy atom. The van der Waals surface area contributed by atoms with E-state index < -0.39 is 23.4 Å². The topological polar surface area (TPSA) is 92.7 Å². The highest BCUT2D eigenvalue weighted by Crippen LogP contribution is 2.55. The highest BCUT2D eigenvalue weighted by atomic mass is 16.5. The minimum atomic E-state index is -1.26. The van der Waals surface area contributed by atoms with Gasteiger partial charge in [0.1, 0.15) is 17.6 Å². The molecule has 0 bridgehead atoms. The third kappa shape index (κ3) is 4.05. The second-order valence-electron chi connectivity index (χ2n) is 10.2. The summed E-state index contributed by atoms with van der Waals surface area (Å²) in [6.45, 7) is 10.4. The number of ether oxygens (including phenoxy) is 1. The Morgan fingerprint density at radius 2 is 1.90 bits per heavy atom. The molecule has 0 saturated carbocycles. The molecule has 0 aromatic heterocycles. The fraction of sp³-hybridized carbons (Fsp3) is 0.720. The van der Waals surface area contributed by atoms with Crippen molar-refractivity contribution in [3.8, 4) is 0 Å². The number of amides is 1. The molecule has 2 N–H and O–H groups in total. The first kappa shape index (κ1) is 23.9. The van der Waals surface area contributed by atoms with E-state index in [4.69, 9.17) is 4.74 Å². The highest BCUT2D eigenvalue weighted by Gasteiger charge is 2.65. The summed E-state index contributed by atoms with van der Waals surface area (Å²) in [6.07, 6.45) is 3.25. The number of nitrogens with one attached hydrogen (secondary N) is 1. The lowest BCUT2D eigenvalue weighted by atomic mass is 9.54. The van der Waals surface area contributed by atoms with Crippen LogP contribution in [0.15, 0.2) is 23.3 Å². The molecule has 7 unspecified atom stereocenters. The Labute approximate surface area is 185 Å². The van der Waals surface area contributed by atoms with Gasteiger partial charge < -0.3 is 15.2 Å². The van der Waals surface area contributed by atoms with Crippen LogP contribution in [0.3, 0.4) is 0 Å². The Kier molecular flexibility index (Phi) is 6.92. The number of aliphatic hydroxyl groups is 1. The maximum absolute atomic E-state index is 14.0. The van der Waals surface area contributed by atoms with E-state index in [1.54, 1.807) is 0 Å². The van der Waals surface area contributed by atoms with Crippen molar-refractivity contribution in [1.82, 2.24) is 5.32 Å². The Hall–Kier alpha value is -1.79. The van der Waals surface area contributed by atoms with Gasteiger partial charge in [-0.2, -0.15) is 0 Å². The number of hydrogen-bond acceptors (Lipinski definition) is 5. The van der Waals surface area contributed by atoms with Crippen LogP contribution in [0.4, 0.5) is 0 Å². The normalized spacial score (nSPS) is 39.3. The van der Waals surface area contributed by atoms with Crippen LogP contribution in [0.1, 0.15) is 60.3 Å². The summed E-state index contributed by atoms with van der Waals surface area (Å²) < 4.78 is 5.35. The van der Waals surface area contributed by atoms with Crippen LogP contribution in [0.2, 0.25) is 0 Å². The second kappa shape index (κ2) is 8.99. The summed E-state index contributed by atoms with van der Waals surface area (Å²) in [5.41, 5.74) is 0.894. The number of ketones is 2. The van der Waals surface area contributed by atoms with E-state index in [0.717, 1.165) is 12.0 Å². The standard InChI is InChI=1S/C25H37NO5/c1-13(2)9-18-22-16(5)15(4)11-17-10-14(3)7-8-19(27)23(29)20(31-6)12-21(28)25(17,22)24(30)26-18/h10-11,13,16-20,22,27H,7-9,12H2,1-6H3,(H,26,30). The first-order valence-electron chi connectivity index (χ1n) is 11.5. The number of aliphatic hydroxyl groups excluding tert-OH is 1. The summed E-state index contributed by atoms with van der Waals surface area (Å²) in [5.74, 6) is -1.11. The molecule has 1 aliphatic heterocycles. The monoisotopic (exact) mass is 431 g/mol. The third-order valence-electron chi connectivity index (χ3n) is 7.64. The Balaban J connectivity index is 2.20. The van der Waals surface area contributed by atoms with Gasteiger partial charge in [-0.3, -0.25) is 14.4 Å². The van der Waals surface area contributed by atoms with Gasteiger partial charge in [0, 0.05) is 31.4 Å². The SMILES string of the molecule is COC1CC(=O)C23C(=O)NC(CC(C)C)C2C(C)C(C)=CC3C=C(C)CCC(O)C1=O. The number of carbonyl (C=O) groups is 3. The fourth-order valence-electron chi connectivity index (χ4n) is 5.95. The first-order chi connectivity index (χ1) is 14.5. The molecular formula is C25H37NO5. The molecule has 31 heavy (non-hydrogen) atoms. The molecule has 1 amide bonds. The summed E-state index contributed by atoms with van der Waals surface area (Å²) in [5, 5.41) is 13.5. The van der Waals surface area contributed by atoms with E-state index in [1.165, 1.54) is 12.7 Å². The van der Waals surface area contributed by atoms with Crippen molar-refractivity contribution in [2.24, 2.45) is 29.1 Å². The number of rotatable bonds is 3. The summed E-state index contributed by atoms with van der Waals surface area (Å²) >= 11 is 0. The van der Waals surface area contributed by atoms with Gasteiger partial charge in [0.25, 0.3) is 0 Å². The first-order valence-corrected chi connectivity index (χ1v) is 11.5. The van der Waals surface area contributed by atoms with Gasteiger partial charge in [-0.25, -0.2) is 0 Å². The van der Waals surface area contributed by atoms with E-state index in [2.05, 4.69) is 39.1 Å². The molecule has 3 rings (SSSR count). The van der Waals surface area contributed by atoms with Crippen molar-refractivity contribution in [1.29, 1.82) is 0 Å². The van der Waals surface area contributed by atoms with E-state index in [-0.39, 0.29) is 48.3 Å². The molecule has 2 aliphatic carbocycles. The molecule has 0 radical (unpaired) electrons. The molecule has 0 aromatic carbocycles. The van der Waals surface area contributed by atoms with Gasteiger partial charge in [-0.15, -0.1) is 0 Å². The van der Waals surface area contributed by atoms with Crippen molar-refractivity contribution in [3.05, 3.63) is 23.3 Å². The highest BCUT2D eigenvalue weighted by molar-refractivity contribution is 6.10.